The molecule has 4 heterocycles. The zero-order valence-electron chi connectivity index (χ0n) is 14.9. The van der Waals surface area contributed by atoms with Gasteiger partial charge in [0.2, 0.25) is 5.91 Å². The molecule has 1 aliphatic rings. The van der Waals surface area contributed by atoms with Gasteiger partial charge in [-0.1, -0.05) is 0 Å². The summed E-state index contributed by atoms with van der Waals surface area (Å²) >= 11 is 0. The van der Waals surface area contributed by atoms with Crippen LogP contribution in [0, 0.1) is 6.92 Å². The normalized spacial score (nSPS) is 14.7. The SMILES string of the molecule is Cc1cnn(-c2ccc3c(c2)nc(N)c2nc(CN4CCCC4=O)[nH]c23)c1. The molecular formula is C19H19N7O. The zero-order valence-corrected chi connectivity index (χ0v) is 14.9. The largest absolute Gasteiger partial charge is 0.382 e. The molecule has 8 nitrogen and oxygen atoms in total. The van der Waals surface area contributed by atoms with Gasteiger partial charge in [-0.25, -0.2) is 14.6 Å². The van der Waals surface area contributed by atoms with Crippen molar-refractivity contribution in [3.8, 4) is 5.69 Å². The second-order valence-electron chi connectivity index (χ2n) is 6.99. The molecule has 1 amide bonds. The first-order valence-corrected chi connectivity index (χ1v) is 8.96. The Morgan fingerprint density at radius 2 is 2.19 bits per heavy atom. The number of hydrogen-bond donors (Lipinski definition) is 2. The Labute approximate surface area is 155 Å². The summed E-state index contributed by atoms with van der Waals surface area (Å²) < 4.78 is 1.81. The van der Waals surface area contributed by atoms with E-state index in [0.717, 1.165) is 46.5 Å². The summed E-state index contributed by atoms with van der Waals surface area (Å²) in [6, 6.07) is 5.96. The molecule has 1 fully saturated rings. The molecule has 0 saturated carbocycles. The van der Waals surface area contributed by atoms with E-state index in [1.54, 1.807) is 0 Å². The van der Waals surface area contributed by atoms with Crippen LogP contribution in [0.3, 0.4) is 0 Å². The third kappa shape index (κ3) is 2.61. The Hall–Kier alpha value is -3.42. The lowest BCUT2D eigenvalue weighted by Crippen LogP contribution is -2.24. The van der Waals surface area contributed by atoms with Crippen LogP contribution in [0.5, 0.6) is 0 Å². The number of pyridine rings is 1. The molecule has 0 bridgehead atoms. The maximum Gasteiger partial charge on any atom is 0.223 e. The fourth-order valence-electron chi connectivity index (χ4n) is 3.63. The highest BCUT2D eigenvalue weighted by molar-refractivity contribution is 6.06. The molecule has 0 aliphatic carbocycles. The molecule has 5 rings (SSSR count). The highest BCUT2D eigenvalue weighted by Gasteiger charge is 2.22. The van der Waals surface area contributed by atoms with Gasteiger partial charge in [0.25, 0.3) is 0 Å². The van der Waals surface area contributed by atoms with Gasteiger partial charge in [0.05, 0.1) is 29.5 Å². The minimum Gasteiger partial charge on any atom is -0.382 e. The van der Waals surface area contributed by atoms with Crippen LogP contribution in [-0.4, -0.2) is 42.1 Å². The molecule has 3 N–H and O–H groups in total. The van der Waals surface area contributed by atoms with E-state index in [2.05, 4.69) is 20.1 Å². The van der Waals surface area contributed by atoms with Crippen LogP contribution < -0.4 is 5.73 Å². The zero-order chi connectivity index (χ0) is 18.5. The monoisotopic (exact) mass is 361 g/mol. The molecule has 0 unspecified atom stereocenters. The van der Waals surface area contributed by atoms with E-state index in [1.807, 2.05) is 47.1 Å². The number of imidazole rings is 1. The van der Waals surface area contributed by atoms with Gasteiger partial charge in [-0.3, -0.25) is 4.79 Å². The maximum atomic E-state index is 11.9. The number of aryl methyl sites for hydroxylation is 1. The minimum atomic E-state index is 0.172. The van der Waals surface area contributed by atoms with E-state index in [9.17, 15) is 4.79 Å². The van der Waals surface area contributed by atoms with E-state index < -0.39 is 0 Å². The van der Waals surface area contributed by atoms with Gasteiger partial charge in [0.1, 0.15) is 11.3 Å². The number of rotatable bonds is 3. The van der Waals surface area contributed by atoms with Crippen LogP contribution in [0.15, 0.2) is 30.6 Å². The van der Waals surface area contributed by atoms with E-state index in [4.69, 9.17) is 5.73 Å². The number of nitrogens with zero attached hydrogens (tertiary/aromatic N) is 5. The number of likely N-dealkylation sites (tertiary alicyclic amines) is 1. The van der Waals surface area contributed by atoms with Crippen molar-refractivity contribution in [2.75, 3.05) is 12.3 Å². The van der Waals surface area contributed by atoms with Crippen molar-refractivity contribution >= 4 is 33.7 Å². The number of hydrogen-bond acceptors (Lipinski definition) is 5. The number of nitrogens with one attached hydrogen (secondary N) is 1. The van der Waals surface area contributed by atoms with Gasteiger partial charge in [-0.15, -0.1) is 0 Å². The number of aromatic nitrogens is 5. The summed E-state index contributed by atoms with van der Waals surface area (Å²) in [5.41, 5.74) is 10.4. The van der Waals surface area contributed by atoms with E-state index in [1.165, 1.54) is 0 Å². The highest BCUT2D eigenvalue weighted by Crippen LogP contribution is 2.28. The first kappa shape index (κ1) is 15.8. The molecule has 8 heteroatoms. The van der Waals surface area contributed by atoms with Crippen LogP contribution in [0.2, 0.25) is 0 Å². The van der Waals surface area contributed by atoms with Gasteiger partial charge >= 0.3 is 0 Å². The molecule has 4 aromatic rings. The second-order valence-corrected chi connectivity index (χ2v) is 6.99. The van der Waals surface area contributed by atoms with E-state index in [0.29, 0.717) is 24.3 Å². The second kappa shape index (κ2) is 5.80. The number of anilines is 1. The Morgan fingerprint density at radius 3 is 2.93 bits per heavy atom. The molecule has 27 heavy (non-hydrogen) atoms. The van der Waals surface area contributed by atoms with Gasteiger partial charge < -0.3 is 15.6 Å². The molecule has 0 spiro atoms. The van der Waals surface area contributed by atoms with Crippen molar-refractivity contribution in [3.63, 3.8) is 0 Å². The van der Waals surface area contributed by atoms with Crippen molar-refractivity contribution in [3.05, 3.63) is 42.0 Å². The smallest absolute Gasteiger partial charge is 0.223 e. The predicted octanol–water partition coefficient (Wildman–Crippen LogP) is 2.31. The number of carbonyl (C=O) groups is 1. The summed E-state index contributed by atoms with van der Waals surface area (Å²) in [6.45, 7) is 3.25. The van der Waals surface area contributed by atoms with Crippen molar-refractivity contribution in [1.82, 2.24) is 29.6 Å². The number of amides is 1. The lowest BCUT2D eigenvalue weighted by molar-refractivity contribution is -0.128. The number of H-pyrrole nitrogens is 1. The molecule has 0 radical (unpaired) electrons. The number of benzene rings is 1. The van der Waals surface area contributed by atoms with Crippen molar-refractivity contribution in [2.24, 2.45) is 0 Å². The van der Waals surface area contributed by atoms with Gasteiger partial charge in [-0.2, -0.15) is 5.10 Å². The van der Waals surface area contributed by atoms with Crippen molar-refractivity contribution in [2.45, 2.75) is 26.3 Å². The van der Waals surface area contributed by atoms with Crippen molar-refractivity contribution in [1.29, 1.82) is 0 Å². The third-order valence-electron chi connectivity index (χ3n) is 4.98. The lowest BCUT2D eigenvalue weighted by Gasteiger charge is -2.12. The standard InChI is InChI=1S/C19H19N7O/c1-11-8-21-26(9-11)12-4-5-13-14(7-12)22-19(20)18-17(13)23-15(24-18)10-25-6-2-3-16(25)27/h4-5,7-9H,2-3,6,10H2,1H3,(H2,20,22)(H,23,24). The fourth-order valence-corrected chi connectivity index (χ4v) is 3.63. The maximum absolute atomic E-state index is 11.9. The first-order valence-electron chi connectivity index (χ1n) is 8.96. The summed E-state index contributed by atoms with van der Waals surface area (Å²) in [7, 11) is 0. The fraction of sp³-hybridized carbons (Fsp3) is 0.263. The van der Waals surface area contributed by atoms with Gasteiger partial charge in [0.15, 0.2) is 5.82 Å². The summed E-state index contributed by atoms with van der Waals surface area (Å²) in [6.07, 6.45) is 5.30. The van der Waals surface area contributed by atoms with E-state index >= 15 is 0 Å². The summed E-state index contributed by atoms with van der Waals surface area (Å²) in [4.78, 5) is 26.2. The minimum absolute atomic E-state index is 0.172. The average Bonchev–Trinajstić information content (AvgIpc) is 3.36. The predicted molar refractivity (Wildman–Crippen MR) is 102 cm³/mol. The quantitative estimate of drug-likeness (QED) is 0.582. The number of nitrogens with two attached hydrogens (primary N) is 1. The number of aromatic amines is 1. The number of fused-ring (bicyclic) bond motifs is 3. The first-order chi connectivity index (χ1) is 13.1. The lowest BCUT2D eigenvalue weighted by atomic mass is 10.1. The average molecular weight is 361 g/mol. The molecule has 1 aromatic carbocycles. The van der Waals surface area contributed by atoms with Gasteiger partial charge in [0, 0.05) is 24.5 Å². The Kier molecular flexibility index (Phi) is 3.40. The summed E-state index contributed by atoms with van der Waals surface area (Å²) in [5, 5.41) is 5.29. The highest BCUT2D eigenvalue weighted by atomic mass is 16.2. The third-order valence-corrected chi connectivity index (χ3v) is 4.98. The van der Waals surface area contributed by atoms with Crippen LogP contribution in [-0.2, 0) is 11.3 Å². The van der Waals surface area contributed by atoms with Crippen LogP contribution in [0.25, 0.3) is 27.6 Å². The Morgan fingerprint density at radius 1 is 1.30 bits per heavy atom. The molecule has 3 aromatic heterocycles. The molecular weight excluding hydrogens is 342 g/mol. The van der Waals surface area contributed by atoms with Crippen LogP contribution in [0.1, 0.15) is 24.2 Å². The van der Waals surface area contributed by atoms with Gasteiger partial charge in [-0.05, 0) is 37.1 Å². The number of carbonyl (C=O) groups excluding carboxylic acids is 1. The molecule has 1 aliphatic heterocycles. The van der Waals surface area contributed by atoms with E-state index in [-0.39, 0.29) is 5.91 Å². The van der Waals surface area contributed by atoms with Crippen LogP contribution in [0.4, 0.5) is 5.82 Å². The van der Waals surface area contributed by atoms with Crippen molar-refractivity contribution < 1.29 is 4.79 Å². The Balaban J connectivity index is 1.60. The topological polar surface area (TPSA) is 106 Å². The molecule has 0 atom stereocenters. The number of nitrogen functional groups attached to an aromatic ring is 1. The molecule has 136 valence electrons. The Bertz CT molecular complexity index is 1190. The molecule has 1 saturated heterocycles. The van der Waals surface area contributed by atoms with Crippen LogP contribution >= 0.6 is 0 Å². The summed E-state index contributed by atoms with van der Waals surface area (Å²) in [5.74, 6) is 1.28.